The first-order chi connectivity index (χ1) is 28.3. The molecule has 0 spiro atoms. The summed E-state index contributed by atoms with van der Waals surface area (Å²) in [6.07, 6.45) is -8.53. The van der Waals surface area contributed by atoms with Gasteiger partial charge in [0, 0.05) is 37.1 Å². The Morgan fingerprint density at radius 2 is 1.03 bits per heavy atom. The molecule has 26 heteroatoms. The van der Waals surface area contributed by atoms with E-state index in [9.17, 15) is 63.1 Å². The molecule has 4 aromatic rings. The smallest absolute Gasteiger partial charge is 0.410 e. The number of hydrogen-bond donors (Lipinski definition) is 4. The molecule has 0 aliphatic carbocycles. The maximum absolute atomic E-state index is 13.9. The maximum Gasteiger partial charge on any atom is 0.410 e. The van der Waals surface area contributed by atoms with Gasteiger partial charge in [0.1, 0.15) is 83.5 Å². The Labute approximate surface area is 329 Å². The van der Waals surface area contributed by atoms with Gasteiger partial charge in [-0.3, -0.25) is 19.2 Å². The van der Waals surface area contributed by atoms with Gasteiger partial charge in [-0.1, -0.05) is 0 Å². The van der Waals surface area contributed by atoms with E-state index >= 15 is 0 Å². The average molecular weight is 863 g/mol. The van der Waals surface area contributed by atoms with Crippen LogP contribution in [0.4, 0.5) is 55.3 Å². The zero-order valence-electron chi connectivity index (χ0n) is 30.2. The van der Waals surface area contributed by atoms with E-state index in [0.717, 1.165) is 12.1 Å². The molecule has 8 rings (SSSR count). The van der Waals surface area contributed by atoms with Gasteiger partial charge < -0.3 is 30.7 Å². The van der Waals surface area contributed by atoms with Crippen LogP contribution in [0.15, 0.2) is 24.3 Å². The minimum Gasteiger partial charge on any atom is -0.488 e. The molecule has 0 bridgehead atoms. The normalized spacial score (nSPS) is 21.0. The van der Waals surface area contributed by atoms with Crippen molar-refractivity contribution < 1.29 is 72.6 Å². The highest BCUT2D eigenvalue weighted by Crippen LogP contribution is 2.39. The number of fused-ring (bicyclic) bond motifs is 4. The summed E-state index contributed by atoms with van der Waals surface area (Å²) in [4.78, 5) is 57.2. The maximum atomic E-state index is 13.9. The van der Waals surface area contributed by atoms with E-state index in [1.54, 1.807) is 0 Å². The third-order valence-electron chi connectivity index (χ3n) is 9.50. The molecule has 320 valence electrons. The Morgan fingerprint density at radius 3 is 1.40 bits per heavy atom. The third kappa shape index (κ3) is 8.61. The number of amides is 4. The van der Waals surface area contributed by atoms with Crippen molar-refractivity contribution in [2.75, 3.05) is 23.8 Å². The summed E-state index contributed by atoms with van der Waals surface area (Å²) in [5.41, 5.74) is -0.775. The van der Waals surface area contributed by atoms with Crippen LogP contribution < -0.4 is 30.7 Å². The fraction of sp³-hybridized carbons (Fsp3) is 0.412. The lowest BCUT2D eigenvalue weighted by Crippen LogP contribution is -2.46. The van der Waals surface area contributed by atoms with Gasteiger partial charge in [-0.25, -0.2) is 36.9 Å². The lowest BCUT2D eigenvalue weighted by Gasteiger charge is -2.25. The van der Waals surface area contributed by atoms with E-state index in [-0.39, 0.29) is 73.0 Å². The topological polar surface area (TPSA) is 196 Å². The molecule has 0 unspecified atom stereocenters. The Balaban J connectivity index is 0.000000181. The minimum absolute atomic E-state index is 0.0141. The predicted octanol–water partition coefficient (Wildman–Crippen LogP) is 4.25. The van der Waals surface area contributed by atoms with Crippen LogP contribution in [-0.2, 0) is 22.4 Å². The lowest BCUT2D eigenvalue weighted by molar-refractivity contribution is -0.175. The van der Waals surface area contributed by atoms with E-state index in [1.165, 1.54) is 0 Å². The Kier molecular flexibility index (Phi) is 11.1. The van der Waals surface area contributed by atoms with Crippen LogP contribution in [0.1, 0.15) is 70.7 Å². The van der Waals surface area contributed by atoms with Crippen LogP contribution >= 0.6 is 0 Å². The Morgan fingerprint density at radius 1 is 0.650 bits per heavy atom. The molecule has 0 fully saturated rings. The van der Waals surface area contributed by atoms with Crippen molar-refractivity contribution in [1.29, 1.82) is 0 Å². The van der Waals surface area contributed by atoms with Crippen LogP contribution in [0.5, 0.6) is 11.5 Å². The minimum atomic E-state index is -4.54. The van der Waals surface area contributed by atoms with Gasteiger partial charge in [0.2, 0.25) is 11.6 Å². The van der Waals surface area contributed by atoms with E-state index in [0.29, 0.717) is 21.5 Å². The molecule has 60 heavy (non-hydrogen) atoms. The molecule has 0 saturated carbocycles. The number of carbonyl (C=O) groups excluding carboxylic acids is 4. The number of carbonyl (C=O) groups is 4. The van der Waals surface area contributed by atoms with E-state index in [1.807, 2.05) is 0 Å². The zero-order chi connectivity index (χ0) is 43.3. The molecule has 4 atom stereocenters. The number of benzene rings is 2. The molecule has 4 aliphatic rings. The summed E-state index contributed by atoms with van der Waals surface area (Å²) in [5.74, 6) is -9.25. The zero-order valence-corrected chi connectivity index (χ0v) is 30.2. The first kappa shape index (κ1) is 41.7. The third-order valence-corrected chi connectivity index (χ3v) is 9.50. The van der Waals surface area contributed by atoms with Crippen molar-refractivity contribution in [3.63, 3.8) is 0 Å². The van der Waals surface area contributed by atoms with Crippen molar-refractivity contribution in [3.05, 3.63) is 70.8 Å². The molecule has 2 aromatic carbocycles. The number of halogens is 10. The van der Waals surface area contributed by atoms with E-state index < -0.39 is 108 Å². The first-order valence-electron chi connectivity index (χ1n) is 17.8. The Hall–Kier alpha value is -6.50. The van der Waals surface area contributed by atoms with Crippen LogP contribution in [0.25, 0.3) is 0 Å². The number of rotatable bonds is 4. The van der Waals surface area contributed by atoms with Gasteiger partial charge in [-0.05, 0) is 25.7 Å². The molecule has 0 saturated heterocycles. The summed E-state index contributed by atoms with van der Waals surface area (Å²) < 4.78 is 145. The summed E-state index contributed by atoms with van der Waals surface area (Å²) in [6.45, 7) is -0.932. The summed E-state index contributed by atoms with van der Waals surface area (Å²) in [6, 6.07) is -3.61. The lowest BCUT2D eigenvalue weighted by atomic mass is 10.1. The monoisotopic (exact) mass is 862 g/mol. The number of hydrogen-bond acceptors (Lipinski definition) is 10. The summed E-state index contributed by atoms with van der Waals surface area (Å²) in [7, 11) is 0. The van der Waals surface area contributed by atoms with Crippen LogP contribution in [0.2, 0.25) is 0 Å². The molecule has 16 nitrogen and oxygen atoms in total. The molecule has 4 aliphatic heterocycles. The number of ether oxygens (including phenoxy) is 2. The van der Waals surface area contributed by atoms with Crippen molar-refractivity contribution in [2.45, 2.75) is 75.0 Å². The highest BCUT2D eigenvalue weighted by atomic mass is 19.4. The SMILES string of the molecule is O=C(N[C@H]1COc2cc(F)cc(F)c2NC1=O)c1nc2n(n1)[C@@H](C(F)(F)F)CCC2.O=C(N[C@H]1COc2cc(F)cc(F)c2NC1=O)c1nc2n(n1)[C@H](C(F)(F)F)CCC2. The first-order valence-corrected chi connectivity index (χ1v) is 17.8. The van der Waals surface area contributed by atoms with Crippen molar-refractivity contribution in [3.8, 4) is 11.5 Å². The number of nitrogens with zero attached hydrogens (tertiary/aromatic N) is 6. The molecule has 0 radical (unpaired) electrons. The Bertz CT molecular complexity index is 2210. The molecule has 4 N–H and O–H groups in total. The summed E-state index contributed by atoms with van der Waals surface area (Å²) >= 11 is 0. The molecular formula is C34H28F10N10O6. The number of aryl methyl sites for hydroxylation is 2. The molecular weight excluding hydrogens is 834 g/mol. The molecule has 4 amide bonds. The standard InChI is InChI=1S/2C17H14F5N5O3/c2*18-7-4-8(19)13-10(5-7)30-6-9(15(28)25-13)23-16(29)14-24-12-3-1-2-11(17(20,21)22)27(12)26-14/h2*4-5,9,11H,1-3,6H2,(H,23,29)(H,25,28)/t9-,11+;9-,11-/m00/s1. The highest BCUT2D eigenvalue weighted by molar-refractivity contribution is 6.02. The fourth-order valence-corrected chi connectivity index (χ4v) is 6.65. The van der Waals surface area contributed by atoms with Gasteiger partial charge >= 0.3 is 12.4 Å². The predicted molar refractivity (Wildman–Crippen MR) is 180 cm³/mol. The van der Waals surface area contributed by atoms with Gasteiger partial charge in [-0.15, -0.1) is 10.2 Å². The number of alkyl halides is 6. The van der Waals surface area contributed by atoms with Crippen molar-refractivity contribution >= 4 is 35.0 Å². The van der Waals surface area contributed by atoms with Gasteiger partial charge in [0.25, 0.3) is 23.6 Å². The average Bonchev–Trinajstić information content (AvgIpc) is 3.74. The van der Waals surface area contributed by atoms with Crippen molar-refractivity contribution in [1.82, 2.24) is 40.2 Å². The molecule has 6 heterocycles. The number of nitrogens with one attached hydrogen (secondary N) is 4. The van der Waals surface area contributed by atoms with Gasteiger partial charge in [-0.2, -0.15) is 26.3 Å². The van der Waals surface area contributed by atoms with Crippen molar-refractivity contribution in [2.24, 2.45) is 0 Å². The largest absolute Gasteiger partial charge is 0.488 e. The second kappa shape index (κ2) is 15.9. The quantitative estimate of drug-likeness (QED) is 0.216. The van der Waals surface area contributed by atoms with Gasteiger partial charge in [0.15, 0.2) is 11.6 Å². The second-order valence-corrected chi connectivity index (χ2v) is 13.7. The fourth-order valence-electron chi connectivity index (χ4n) is 6.65. The second-order valence-electron chi connectivity index (χ2n) is 13.7. The van der Waals surface area contributed by atoms with Crippen LogP contribution in [0.3, 0.4) is 0 Å². The molecule has 2 aromatic heterocycles. The van der Waals surface area contributed by atoms with Crippen LogP contribution in [-0.4, -0.2) is 90.8 Å². The highest BCUT2D eigenvalue weighted by Gasteiger charge is 2.46. The van der Waals surface area contributed by atoms with E-state index in [4.69, 9.17) is 9.47 Å². The van der Waals surface area contributed by atoms with Gasteiger partial charge in [0.05, 0.1) is 0 Å². The van der Waals surface area contributed by atoms with Crippen LogP contribution in [0, 0.1) is 23.3 Å². The van der Waals surface area contributed by atoms with E-state index in [2.05, 4.69) is 41.4 Å². The number of anilines is 2. The summed E-state index contributed by atoms with van der Waals surface area (Å²) in [5, 5.41) is 16.2. The number of aromatic nitrogens is 6.